The number of thiazole rings is 1. The van der Waals surface area contributed by atoms with E-state index in [4.69, 9.17) is 5.11 Å². The van der Waals surface area contributed by atoms with Crippen LogP contribution in [0.2, 0.25) is 0 Å². The highest BCUT2D eigenvalue weighted by molar-refractivity contribution is 7.10. The van der Waals surface area contributed by atoms with E-state index in [1.54, 1.807) is 0 Å². The average Bonchev–Trinajstić information content (AvgIpc) is 2.84. The number of aromatic carboxylic acids is 1. The Labute approximate surface area is 97.6 Å². The first kappa shape index (κ1) is 11.1. The van der Waals surface area contributed by atoms with Crippen LogP contribution in [-0.2, 0) is 5.41 Å². The highest BCUT2D eigenvalue weighted by Crippen LogP contribution is 2.45. The van der Waals surface area contributed by atoms with E-state index < -0.39 is 11.4 Å². The molecule has 2 rings (SSSR count). The van der Waals surface area contributed by atoms with Crippen LogP contribution in [0.1, 0.15) is 41.7 Å². The fraction of sp³-hybridized carbons (Fsp3) is 0.545. The Bertz CT molecular complexity index is 463. The van der Waals surface area contributed by atoms with Gasteiger partial charge < -0.3 is 5.11 Å². The summed E-state index contributed by atoms with van der Waals surface area (Å²) in [6.07, 6.45) is 2.81. The standard InChI is InChI=1S/C11H12N2O2S/c1-7-3-2-4-11(7,6-12)10-13-8(5-16-10)9(14)15/h5,7H,2-4H2,1H3,(H,14,15). The van der Waals surface area contributed by atoms with E-state index in [-0.39, 0.29) is 11.6 Å². The molecule has 2 unspecified atom stereocenters. The third kappa shape index (κ3) is 1.50. The van der Waals surface area contributed by atoms with Crippen LogP contribution in [0.25, 0.3) is 0 Å². The number of carboxylic acid groups (broad SMARTS) is 1. The zero-order valence-electron chi connectivity index (χ0n) is 8.93. The molecule has 1 aliphatic carbocycles. The van der Waals surface area contributed by atoms with E-state index in [0.29, 0.717) is 5.01 Å². The summed E-state index contributed by atoms with van der Waals surface area (Å²) >= 11 is 1.29. The number of carbonyl (C=O) groups is 1. The summed E-state index contributed by atoms with van der Waals surface area (Å²) in [6.45, 7) is 2.04. The quantitative estimate of drug-likeness (QED) is 0.855. The minimum Gasteiger partial charge on any atom is -0.476 e. The lowest BCUT2D eigenvalue weighted by Crippen LogP contribution is -2.26. The minimum absolute atomic E-state index is 0.0497. The van der Waals surface area contributed by atoms with Crippen LogP contribution < -0.4 is 0 Å². The normalized spacial score (nSPS) is 28.9. The molecule has 0 saturated heterocycles. The number of rotatable bonds is 2. The molecule has 0 aliphatic heterocycles. The van der Waals surface area contributed by atoms with Crippen molar-refractivity contribution in [3.63, 3.8) is 0 Å². The molecule has 1 aromatic heterocycles. The van der Waals surface area contributed by atoms with E-state index in [1.165, 1.54) is 16.7 Å². The van der Waals surface area contributed by atoms with Gasteiger partial charge >= 0.3 is 5.97 Å². The average molecular weight is 236 g/mol. The molecule has 1 heterocycles. The van der Waals surface area contributed by atoms with Crippen LogP contribution in [0.5, 0.6) is 0 Å². The van der Waals surface area contributed by atoms with E-state index in [1.807, 2.05) is 6.92 Å². The lowest BCUT2D eigenvalue weighted by Gasteiger charge is -2.22. The Morgan fingerprint density at radius 1 is 1.81 bits per heavy atom. The van der Waals surface area contributed by atoms with E-state index in [2.05, 4.69) is 11.1 Å². The number of nitriles is 1. The lowest BCUT2D eigenvalue weighted by atomic mass is 9.81. The molecule has 5 heteroatoms. The van der Waals surface area contributed by atoms with Gasteiger partial charge in [-0.15, -0.1) is 11.3 Å². The molecule has 0 aromatic carbocycles. The van der Waals surface area contributed by atoms with E-state index in [9.17, 15) is 10.1 Å². The fourth-order valence-corrected chi connectivity index (χ4v) is 3.38. The van der Waals surface area contributed by atoms with Crippen molar-refractivity contribution >= 4 is 17.3 Å². The van der Waals surface area contributed by atoms with Gasteiger partial charge in [-0.1, -0.05) is 13.3 Å². The van der Waals surface area contributed by atoms with Crippen molar-refractivity contribution in [2.24, 2.45) is 5.92 Å². The van der Waals surface area contributed by atoms with Crippen molar-refractivity contribution in [2.75, 3.05) is 0 Å². The summed E-state index contributed by atoms with van der Waals surface area (Å²) in [5.41, 5.74) is -0.507. The third-order valence-electron chi connectivity index (χ3n) is 3.35. The summed E-state index contributed by atoms with van der Waals surface area (Å²) in [6, 6.07) is 2.35. The van der Waals surface area contributed by atoms with Gasteiger partial charge in [0, 0.05) is 5.38 Å². The van der Waals surface area contributed by atoms with Crippen LogP contribution in [0.4, 0.5) is 0 Å². The van der Waals surface area contributed by atoms with Crippen LogP contribution >= 0.6 is 11.3 Å². The number of aromatic nitrogens is 1. The Hall–Kier alpha value is -1.41. The van der Waals surface area contributed by atoms with Crippen LogP contribution in [0.3, 0.4) is 0 Å². The number of hydrogen-bond donors (Lipinski definition) is 1. The summed E-state index contributed by atoms with van der Waals surface area (Å²) in [7, 11) is 0. The maximum atomic E-state index is 10.8. The number of carboxylic acids is 1. The van der Waals surface area contributed by atoms with E-state index >= 15 is 0 Å². The van der Waals surface area contributed by atoms with Gasteiger partial charge in [0.15, 0.2) is 5.69 Å². The summed E-state index contributed by atoms with van der Waals surface area (Å²) in [4.78, 5) is 14.8. The first-order chi connectivity index (χ1) is 7.60. The van der Waals surface area contributed by atoms with Gasteiger partial charge in [-0.25, -0.2) is 9.78 Å². The van der Waals surface area contributed by atoms with Gasteiger partial charge in [0.05, 0.1) is 6.07 Å². The zero-order chi connectivity index (χ0) is 11.8. The molecule has 1 aromatic rings. The first-order valence-electron chi connectivity index (χ1n) is 5.20. The summed E-state index contributed by atoms with van der Waals surface area (Å²) in [5.74, 6) is -0.772. The molecule has 1 saturated carbocycles. The minimum atomic E-state index is -1.03. The molecular weight excluding hydrogens is 224 g/mol. The Balaban J connectivity index is 2.42. The smallest absolute Gasteiger partial charge is 0.355 e. The number of hydrogen-bond acceptors (Lipinski definition) is 4. The maximum absolute atomic E-state index is 10.8. The van der Waals surface area contributed by atoms with Gasteiger partial charge in [0.1, 0.15) is 10.4 Å². The Morgan fingerprint density at radius 3 is 3.00 bits per heavy atom. The van der Waals surface area contributed by atoms with E-state index in [0.717, 1.165) is 19.3 Å². The first-order valence-corrected chi connectivity index (χ1v) is 6.08. The largest absolute Gasteiger partial charge is 0.476 e. The molecule has 0 amide bonds. The molecular formula is C11H12N2O2S. The Kier molecular flexibility index (Phi) is 2.68. The van der Waals surface area contributed by atoms with Gasteiger partial charge in [-0.3, -0.25) is 0 Å². The van der Waals surface area contributed by atoms with Gasteiger partial charge in [0.25, 0.3) is 0 Å². The molecule has 0 spiro atoms. The van der Waals surface area contributed by atoms with Crippen LogP contribution in [0.15, 0.2) is 5.38 Å². The third-order valence-corrected chi connectivity index (χ3v) is 4.37. The molecule has 1 aliphatic rings. The molecule has 1 N–H and O–H groups in total. The zero-order valence-corrected chi connectivity index (χ0v) is 9.75. The highest BCUT2D eigenvalue weighted by atomic mass is 32.1. The van der Waals surface area contributed by atoms with Crippen molar-refractivity contribution in [3.8, 4) is 6.07 Å². The SMILES string of the molecule is CC1CCCC1(C#N)c1nc(C(=O)O)cs1. The number of nitrogens with zero attached hydrogens (tertiary/aromatic N) is 2. The monoisotopic (exact) mass is 236 g/mol. The molecule has 0 radical (unpaired) electrons. The second kappa shape index (κ2) is 3.87. The lowest BCUT2D eigenvalue weighted by molar-refractivity contribution is 0.0691. The van der Waals surface area contributed by atoms with Crippen molar-refractivity contribution in [1.29, 1.82) is 5.26 Å². The van der Waals surface area contributed by atoms with Crippen molar-refractivity contribution in [3.05, 3.63) is 16.1 Å². The molecule has 16 heavy (non-hydrogen) atoms. The molecule has 1 fully saturated rings. The van der Waals surface area contributed by atoms with Crippen molar-refractivity contribution in [1.82, 2.24) is 4.98 Å². The molecule has 84 valence electrons. The summed E-state index contributed by atoms with van der Waals surface area (Å²) in [5, 5.41) is 20.4. The predicted molar refractivity (Wildman–Crippen MR) is 59.4 cm³/mol. The summed E-state index contributed by atoms with van der Waals surface area (Å²) < 4.78 is 0. The second-order valence-electron chi connectivity index (χ2n) is 4.22. The van der Waals surface area contributed by atoms with Crippen LogP contribution in [-0.4, -0.2) is 16.1 Å². The fourth-order valence-electron chi connectivity index (χ4n) is 2.29. The molecule has 2 atom stereocenters. The highest BCUT2D eigenvalue weighted by Gasteiger charge is 2.44. The van der Waals surface area contributed by atoms with Crippen molar-refractivity contribution < 1.29 is 9.90 Å². The maximum Gasteiger partial charge on any atom is 0.355 e. The van der Waals surface area contributed by atoms with Gasteiger partial charge in [0.2, 0.25) is 0 Å². The predicted octanol–water partition coefficient (Wildman–Crippen LogP) is 2.42. The second-order valence-corrected chi connectivity index (χ2v) is 5.08. The molecule has 4 nitrogen and oxygen atoms in total. The van der Waals surface area contributed by atoms with Gasteiger partial charge in [-0.05, 0) is 18.8 Å². The van der Waals surface area contributed by atoms with Gasteiger partial charge in [-0.2, -0.15) is 5.26 Å². The molecule has 0 bridgehead atoms. The van der Waals surface area contributed by atoms with Crippen molar-refractivity contribution in [2.45, 2.75) is 31.6 Å². The van der Waals surface area contributed by atoms with Crippen LogP contribution in [0, 0.1) is 17.2 Å². The Morgan fingerprint density at radius 2 is 2.56 bits per heavy atom. The topological polar surface area (TPSA) is 74.0 Å².